The molecule has 0 aliphatic heterocycles. The van der Waals surface area contributed by atoms with E-state index in [2.05, 4.69) is 134 Å². The van der Waals surface area contributed by atoms with Gasteiger partial charge >= 0.3 is 0 Å². The van der Waals surface area contributed by atoms with Gasteiger partial charge in [-0.1, -0.05) is 86.6 Å². The summed E-state index contributed by atoms with van der Waals surface area (Å²) in [4.78, 5) is 0. The second-order valence-corrected chi connectivity index (χ2v) is 13.2. The number of para-hydroxylation sites is 2. The Balaban J connectivity index is 1.28. The largest absolute Gasteiger partial charge is 0.309 e. The van der Waals surface area contributed by atoms with Gasteiger partial charge in [0.2, 0.25) is 0 Å². The number of hydrogen-bond donors (Lipinski definition) is 0. The van der Waals surface area contributed by atoms with E-state index in [1.54, 1.807) is 0 Å². The zero-order valence-corrected chi connectivity index (χ0v) is 24.7. The van der Waals surface area contributed by atoms with E-state index < -0.39 is 0 Å². The van der Waals surface area contributed by atoms with Gasteiger partial charge in [-0.2, -0.15) is 5.26 Å². The molecule has 0 amide bonds. The lowest BCUT2D eigenvalue weighted by Gasteiger charge is -2.21. The molecule has 1 aliphatic rings. The molecule has 202 valence electrons. The number of benzene rings is 6. The van der Waals surface area contributed by atoms with Crippen molar-refractivity contribution in [3.63, 3.8) is 0 Å². The summed E-state index contributed by atoms with van der Waals surface area (Å²) >= 11 is 1.86. The summed E-state index contributed by atoms with van der Waals surface area (Å²) < 4.78 is 4.93. The molecule has 0 spiro atoms. The predicted molar refractivity (Wildman–Crippen MR) is 181 cm³/mol. The standard InChI is InChI=1S/C40H26N2S/c1-40(2)33-12-6-3-9-26(33)31-21-32-29-17-16-25(20-38(29)43-39(32)22-34(31)40)30-19-24(23-41)15-18-37(30)42-35-13-7-4-10-27(35)28-11-5-8-14-36(28)42/h3-22H,1-2H3. The molecule has 0 radical (unpaired) electrons. The molecule has 0 bridgehead atoms. The lowest BCUT2D eigenvalue weighted by molar-refractivity contribution is 0.661. The molecule has 9 rings (SSSR count). The van der Waals surface area contributed by atoms with E-state index >= 15 is 0 Å². The third-order valence-electron chi connectivity index (χ3n) is 9.43. The Bertz CT molecular complexity index is 2450. The summed E-state index contributed by atoms with van der Waals surface area (Å²) in [5.74, 6) is 0. The summed E-state index contributed by atoms with van der Waals surface area (Å²) in [6, 6.07) is 46.1. The van der Waals surface area contributed by atoms with Crippen LogP contribution in [-0.4, -0.2) is 4.57 Å². The zero-order valence-electron chi connectivity index (χ0n) is 23.8. The minimum atomic E-state index is -0.0175. The quantitative estimate of drug-likeness (QED) is 0.205. The van der Waals surface area contributed by atoms with E-state index in [9.17, 15) is 5.26 Å². The summed E-state index contributed by atoms with van der Waals surface area (Å²) in [7, 11) is 0. The third kappa shape index (κ3) is 3.33. The van der Waals surface area contributed by atoms with E-state index in [1.807, 2.05) is 23.5 Å². The van der Waals surface area contributed by atoms with Crippen molar-refractivity contribution in [2.45, 2.75) is 19.3 Å². The van der Waals surface area contributed by atoms with Gasteiger partial charge in [0.05, 0.1) is 28.4 Å². The molecule has 0 saturated carbocycles. The normalized spacial score (nSPS) is 13.5. The molecule has 6 aromatic carbocycles. The van der Waals surface area contributed by atoms with E-state index in [0.717, 1.165) is 27.8 Å². The first-order chi connectivity index (χ1) is 21.0. The number of rotatable bonds is 2. The first-order valence-electron chi connectivity index (χ1n) is 14.7. The molecule has 0 N–H and O–H groups in total. The number of nitrogens with zero attached hydrogens (tertiary/aromatic N) is 2. The van der Waals surface area contributed by atoms with Crippen LogP contribution >= 0.6 is 11.3 Å². The number of thiophene rings is 1. The fourth-order valence-electron chi connectivity index (χ4n) is 7.35. The highest BCUT2D eigenvalue weighted by Gasteiger charge is 2.35. The molecule has 2 aromatic heterocycles. The van der Waals surface area contributed by atoms with E-state index in [-0.39, 0.29) is 5.41 Å². The van der Waals surface area contributed by atoms with Crippen LogP contribution in [0, 0.1) is 11.3 Å². The topological polar surface area (TPSA) is 28.7 Å². The van der Waals surface area contributed by atoms with Crippen LogP contribution in [0.15, 0.2) is 121 Å². The predicted octanol–water partition coefficient (Wildman–Crippen LogP) is 11.0. The van der Waals surface area contributed by atoms with Gasteiger partial charge in [-0.3, -0.25) is 0 Å². The Morgan fingerprint density at radius 2 is 1.28 bits per heavy atom. The van der Waals surface area contributed by atoms with Crippen LogP contribution in [0.5, 0.6) is 0 Å². The van der Waals surface area contributed by atoms with Crippen LogP contribution in [0.25, 0.3) is 69.9 Å². The van der Waals surface area contributed by atoms with E-state index in [1.165, 1.54) is 53.2 Å². The lowest BCUT2D eigenvalue weighted by Crippen LogP contribution is -2.14. The molecular weight excluding hydrogens is 541 g/mol. The monoisotopic (exact) mass is 566 g/mol. The molecule has 0 atom stereocenters. The van der Waals surface area contributed by atoms with Crippen molar-refractivity contribution in [2.24, 2.45) is 0 Å². The number of nitriles is 1. The average molecular weight is 567 g/mol. The van der Waals surface area contributed by atoms with Crippen LogP contribution in [-0.2, 0) is 5.41 Å². The fourth-order valence-corrected chi connectivity index (χ4v) is 8.52. The van der Waals surface area contributed by atoms with Crippen molar-refractivity contribution in [3.05, 3.63) is 138 Å². The Kier molecular flexibility index (Phi) is 4.93. The molecule has 2 heterocycles. The van der Waals surface area contributed by atoms with Gasteiger partial charge in [-0.05, 0) is 76.3 Å². The van der Waals surface area contributed by atoms with Crippen molar-refractivity contribution < 1.29 is 0 Å². The van der Waals surface area contributed by atoms with Gasteiger partial charge in [-0.15, -0.1) is 11.3 Å². The maximum atomic E-state index is 9.88. The molecule has 43 heavy (non-hydrogen) atoms. The first-order valence-corrected chi connectivity index (χ1v) is 15.5. The van der Waals surface area contributed by atoms with Gasteiger partial charge in [0, 0.05) is 41.9 Å². The molecule has 1 aliphatic carbocycles. The van der Waals surface area contributed by atoms with Crippen LogP contribution in [0.1, 0.15) is 30.5 Å². The number of hydrogen-bond acceptors (Lipinski definition) is 2. The lowest BCUT2D eigenvalue weighted by atomic mass is 9.82. The van der Waals surface area contributed by atoms with Gasteiger partial charge < -0.3 is 4.57 Å². The maximum absolute atomic E-state index is 9.88. The third-order valence-corrected chi connectivity index (χ3v) is 10.5. The van der Waals surface area contributed by atoms with Gasteiger partial charge in [0.25, 0.3) is 0 Å². The molecule has 8 aromatic rings. The van der Waals surface area contributed by atoms with Crippen LogP contribution in [0.2, 0.25) is 0 Å². The van der Waals surface area contributed by atoms with Gasteiger partial charge in [-0.25, -0.2) is 0 Å². The molecule has 0 saturated heterocycles. The second kappa shape index (κ2) is 8.67. The van der Waals surface area contributed by atoms with Crippen molar-refractivity contribution in [1.82, 2.24) is 4.57 Å². The summed E-state index contributed by atoms with van der Waals surface area (Å²) in [5, 5.41) is 14.9. The van der Waals surface area contributed by atoms with Crippen molar-refractivity contribution in [1.29, 1.82) is 5.26 Å². The smallest absolute Gasteiger partial charge is 0.0991 e. The van der Waals surface area contributed by atoms with Crippen molar-refractivity contribution >= 4 is 53.3 Å². The van der Waals surface area contributed by atoms with Crippen LogP contribution < -0.4 is 0 Å². The number of aromatic nitrogens is 1. The number of fused-ring (bicyclic) bond motifs is 9. The van der Waals surface area contributed by atoms with E-state index in [0.29, 0.717) is 5.56 Å². The highest BCUT2D eigenvalue weighted by Crippen LogP contribution is 2.51. The van der Waals surface area contributed by atoms with E-state index in [4.69, 9.17) is 0 Å². The first kappa shape index (κ1) is 24.4. The summed E-state index contributed by atoms with van der Waals surface area (Å²) in [6.45, 7) is 4.68. The molecule has 0 unspecified atom stereocenters. The molecular formula is C40H26N2S. The summed E-state index contributed by atoms with van der Waals surface area (Å²) in [5.41, 5.74) is 11.7. The van der Waals surface area contributed by atoms with Crippen molar-refractivity contribution in [3.8, 4) is 34.0 Å². The fraction of sp³-hybridized carbons (Fsp3) is 0.0750. The maximum Gasteiger partial charge on any atom is 0.0991 e. The van der Waals surface area contributed by atoms with Crippen LogP contribution in [0.4, 0.5) is 0 Å². The SMILES string of the molecule is CC1(C)c2ccccc2-c2cc3c(cc21)sc1cc(-c2cc(C#N)ccc2-n2c4ccccc4c4ccccc42)ccc13. The Morgan fingerprint density at radius 3 is 2.05 bits per heavy atom. The Morgan fingerprint density at radius 1 is 0.581 bits per heavy atom. The minimum absolute atomic E-state index is 0.0175. The highest BCUT2D eigenvalue weighted by molar-refractivity contribution is 7.25. The second-order valence-electron chi connectivity index (χ2n) is 12.1. The highest BCUT2D eigenvalue weighted by atomic mass is 32.1. The summed E-state index contributed by atoms with van der Waals surface area (Å²) in [6.07, 6.45) is 0. The average Bonchev–Trinajstić information content (AvgIpc) is 3.65. The van der Waals surface area contributed by atoms with Gasteiger partial charge in [0.1, 0.15) is 0 Å². The Labute approximate surface area is 253 Å². The molecule has 2 nitrogen and oxygen atoms in total. The molecule has 0 fully saturated rings. The zero-order chi connectivity index (χ0) is 28.9. The Hall–Kier alpha value is -5.17. The van der Waals surface area contributed by atoms with Crippen molar-refractivity contribution in [2.75, 3.05) is 0 Å². The minimum Gasteiger partial charge on any atom is -0.309 e. The molecule has 3 heteroatoms. The van der Waals surface area contributed by atoms with Crippen LogP contribution in [0.3, 0.4) is 0 Å². The van der Waals surface area contributed by atoms with Gasteiger partial charge in [0.15, 0.2) is 0 Å².